The molecule has 0 amide bonds. The third-order valence-electron chi connectivity index (χ3n) is 2.83. The van der Waals surface area contributed by atoms with Gasteiger partial charge in [-0.15, -0.1) is 0 Å². The van der Waals surface area contributed by atoms with Crippen LogP contribution in [0.5, 0.6) is 0 Å². The van der Waals surface area contributed by atoms with Gasteiger partial charge in [0.2, 0.25) is 0 Å². The van der Waals surface area contributed by atoms with Crippen molar-refractivity contribution >= 4 is 0 Å². The van der Waals surface area contributed by atoms with Gasteiger partial charge in [0.25, 0.3) is 0 Å². The third-order valence-corrected chi connectivity index (χ3v) is 2.83. The first-order valence-electron chi connectivity index (χ1n) is 5.82. The summed E-state index contributed by atoms with van der Waals surface area (Å²) >= 11 is 0. The summed E-state index contributed by atoms with van der Waals surface area (Å²) in [6, 6.07) is 9.16. The van der Waals surface area contributed by atoms with Gasteiger partial charge in [0.15, 0.2) is 6.29 Å². The number of aliphatic hydroxyl groups excluding tert-OH is 1. The first-order chi connectivity index (χ1) is 8.85. The van der Waals surface area contributed by atoms with Gasteiger partial charge >= 0.3 is 0 Å². The zero-order valence-corrected chi connectivity index (χ0v) is 9.85. The van der Waals surface area contributed by atoms with Crippen LogP contribution in [0, 0.1) is 0 Å². The van der Waals surface area contributed by atoms with Crippen LogP contribution in [-0.2, 0) is 9.47 Å². The van der Waals surface area contributed by atoms with E-state index in [0.29, 0.717) is 13.0 Å². The van der Waals surface area contributed by atoms with Crippen molar-refractivity contribution in [3.8, 4) is 0 Å². The van der Waals surface area contributed by atoms with Crippen LogP contribution in [-0.4, -0.2) is 30.5 Å². The van der Waals surface area contributed by atoms with Gasteiger partial charge in [0.05, 0.1) is 18.8 Å². The van der Waals surface area contributed by atoms with Gasteiger partial charge in [0.1, 0.15) is 0 Å². The molecule has 1 heterocycles. The number of azide groups is 1. The van der Waals surface area contributed by atoms with Crippen LogP contribution in [0.25, 0.3) is 10.4 Å². The number of hydrogen-bond donors (Lipinski definition) is 1. The first kappa shape index (κ1) is 12.9. The van der Waals surface area contributed by atoms with E-state index in [1.54, 1.807) is 0 Å². The minimum absolute atomic E-state index is 0.0103. The minimum Gasteiger partial charge on any atom is -0.396 e. The highest BCUT2D eigenvalue weighted by atomic mass is 16.7. The summed E-state index contributed by atoms with van der Waals surface area (Å²) in [7, 11) is 0. The fraction of sp³-hybridized carbons (Fsp3) is 0.500. The molecule has 2 rings (SSSR count). The van der Waals surface area contributed by atoms with Crippen molar-refractivity contribution < 1.29 is 14.6 Å². The molecular formula is C12H15N3O3. The smallest absolute Gasteiger partial charge is 0.184 e. The Bertz CT molecular complexity index is 420. The molecule has 1 N–H and O–H groups in total. The molecule has 1 fully saturated rings. The molecule has 0 bridgehead atoms. The van der Waals surface area contributed by atoms with Crippen LogP contribution in [0.15, 0.2) is 35.4 Å². The van der Waals surface area contributed by atoms with Crippen molar-refractivity contribution in [2.75, 3.05) is 13.2 Å². The van der Waals surface area contributed by atoms with Crippen LogP contribution in [0.3, 0.4) is 0 Å². The van der Waals surface area contributed by atoms with Crippen LogP contribution < -0.4 is 0 Å². The molecule has 18 heavy (non-hydrogen) atoms. The van der Waals surface area contributed by atoms with Gasteiger partial charge < -0.3 is 14.6 Å². The maximum absolute atomic E-state index is 9.01. The molecule has 0 saturated carbocycles. The molecular weight excluding hydrogens is 234 g/mol. The number of benzene rings is 1. The van der Waals surface area contributed by atoms with E-state index in [1.165, 1.54) is 0 Å². The van der Waals surface area contributed by atoms with Crippen molar-refractivity contribution in [1.82, 2.24) is 0 Å². The summed E-state index contributed by atoms with van der Waals surface area (Å²) in [6.45, 7) is 0.290. The average molecular weight is 249 g/mol. The summed E-state index contributed by atoms with van der Waals surface area (Å²) < 4.78 is 11.3. The van der Waals surface area contributed by atoms with Gasteiger partial charge in [-0.1, -0.05) is 35.4 Å². The fourth-order valence-corrected chi connectivity index (χ4v) is 1.93. The molecule has 6 heteroatoms. The Kier molecular flexibility index (Phi) is 4.55. The van der Waals surface area contributed by atoms with E-state index in [1.807, 2.05) is 30.3 Å². The van der Waals surface area contributed by atoms with Gasteiger partial charge in [-0.25, -0.2) is 0 Å². The SMILES string of the molecule is [N-]=[N+]=N[C@H]1COC(c2ccccc2)O[C@H]1CCO. The number of aliphatic hydroxyl groups is 1. The molecule has 6 nitrogen and oxygen atoms in total. The largest absolute Gasteiger partial charge is 0.396 e. The lowest BCUT2D eigenvalue weighted by atomic mass is 10.1. The highest BCUT2D eigenvalue weighted by Gasteiger charge is 2.31. The maximum atomic E-state index is 9.01. The number of rotatable bonds is 4. The molecule has 96 valence electrons. The average Bonchev–Trinajstić information content (AvgIpc) is 2.42. The summed E-state index contributed by atoms with van der Waals surface area (Å²) in [6.07, 6.45) is -0.353. The molecule has 1 aromatic carbocycles. The van der Waals surface area contributed by atoms with Crippen LogP contribution in [0.2, 0.25) is 0 Å². The number of hydrogen-bond acceptors (Lipinski definition) is 4. The van der Waals surface area contributed by atoms with E-state index >= 15 is 0 Å². The third kappa shape index (κ3) is 3.00. The summed E-state index contributed by atoms with van der Waals surface area (Å²) in [4.78, 5) is 2.77. The lowest BCUT2D eigenvalue weighted by Gasteiger charge is -2.34. The van der Waals surface area contributed by atoms with Gasteiger partial charge in [-0.05, 0) is 12.0 Å². The predicted molar refractivity (Wildman–Crippen MR) is 64.6 cm³/mol. The topological polar surface area (TPSA) is 87.5 Å². The summed E-state index contributed by atoms with van der Waals surface area (Å²) in [5.74, 6) is 0. The highest BCUT2D eigenvalue weighted by Crippen LogP contribution is 2.28. The second-order valence-electron chi connectivity index (χ2n) is 4.04. The maximum Gasteiger partial charge on any atom is 0.184 e. The standard InChI is InChI=1S/C12H15N3O3/c13-15-14-10-8-17-12(18-11(10)6-7-16)9-4-2-1-3-5-9/h1-5,10-12,16H,6-8H2/t10-,11-,12?/m0/s1. The second-order valence-corrected chi connectivity index (χ2v) is 4.04. The van der Waals surface area contributed by atoms with Crippen LogP contribution in [0.4, 0.5) is 0 Å². The van der Waals surface area contributed by atoms with Gasteiger partial charge in [-0.3, -0.25) is 0 Å². The Morgan fingerprint density at radius 1 is 1.39 bits per heavy atom. The molecule has 0 aromatic heterocycles. The number of nitrogens with zero attached hydrogens (tertiary/aromatic N) is 3. The molecule has 1 aliphatic rings. The van der Waals surface area contributed by atoms with E-state index in [2.05, 4.69) is 10.0 Å². The lowest BCUT2D eigenvalue weighted by Crippen LogP contribution is -2.39. The number of ether oxygens (including phenoxy) is 2. The Hall–Kier alpha value is -1.59. The Morgan fingerprint density at radius 3 is 2.83 bits per heavy atom. The first-order valence-corrected chi connectivity index (χ1v) is 5.82. The fourth-order valence-electron chi connectivity index (χ4n) is 1.93. The van der Waals surface area contributed by atoms with Gasteiger partial charge in [0, 0.05) is 17.1 Å². The minimum atomic E-state index is -0.465. The van der Waals surface area contributed by atoms with E-state index in [9.17, 15) is 0 Å². The van der Waals surface area contributed by atoms with Crippen molar-refractivity contribution in [3.05, 3.63) is 46.3 Å². The molecule has 0 spiro atoms. The predicted octanol–water partition coefficient (Wildman–Crippen LogP) is 2.16. The molecule has 1 aromatic rings. The highest BCUT2D eigenvalue weighted by molar-refractivity contribution is 5.16. The monoisotopic (exact) mass is 249 g/mol. The zero-order valence-electron chi connectivity index (χ0n) is 9.85. The Balaban J connectivity index is 2.08. The van der Waals surface area contributed by atoms with E-state index in [-0.39, 0.29) is 18.8 Å². The summed E-state index contributed by atoms with van der Waals surface area (Å²) in [5, 5.41) is 12.6. The van der Waals surface area contributed by atoms with Crippen molar-refractivity contribution in [1.29, 1.82) is 0 Å². The molecule has 1 unspecified atom stereocenters. The lowest BCUT2D eigenvalue weighted by molar-refractivity contribution is -0.227. The summed E-state index contributed by atoms with van der Waals surface area (Å²) in [5.41, 5.74) is 9.39. The van der Waals surface area contributed by atoms with Crippen molar-refractivity contribution in [3.63, 3.8) is 0 Å². The van der Waals surface area contributed by atoms with E-state index in [0.717, 1.165) is 5.56 Å². The molecule has 3 atom stereocenters. The zero-order chi connectivity index (χ0) is 12.8. The van der Waals surface area contributed by atoms with Crippen LogP contribution >= 0.6 is 0 Å². The Labute approximate surface area is 105 Å². The molecule has 1 aliphatic heterocycles. The van der Waals surface area contributed by atoms with Gasteiger partial charge in [-0.2, -0.15) is 0 Å². The quantitative estimate of drug-likeness (QED) is 0.504. The van der Waals surface area contributed by atoms with E-state index in [4.69, 9.17) is 20.1 Å². The Morgan fingerprint density at radius 2 is 2.17 bits per heavy atom. The normalized spacial score (nSPS) is 27.5. The van der Waals surface area contributed by atoms with E-state index < -0.39 is 6.29 Å². The van der Waals surface area contributed by atoms with Crippen LogP contribution in [0.1, 0.15) is 18.3 Å². The molecule has 1 saturated heterocycles. The second kappa shape index (κ2) is 6.37. The van der Waals surface area contributed by atoms with Crippen molar-refractivity contribution in [2.24, 2.45) is 5.11 Å². The molecule has 0 aliphatic carbocycles. The molecule has 0 radical (unpaired) electrons. The van der Waals surface area contributed by atoms with Crippen molar-refractivity contribution in [2.45, 2.75) is 24.9 Å².